The Bertz CT molecular complexity index is 849. The number of carboxylic acids is 1. The van der Waals surface area contributed by atoms with Gasteiger partial charge in [-0.15, -0.1) is 5.10 Å². The summed E-state index contributed by atoms with van der Waals surface area (Å²) in [6.07, 6.45) is 0. The number of hydrogen-bond acceptors (Lipinski definition) is 4. The molecule has 1 aliphatic heterocycles. The molecular weight excluding hydrogens is 339 g/mol. The number of nitrogens with zero attached hydrogens (tertiary/aromatic N) is 4. The summed E-state index contributed by atoms with van der Waals surface area (Å²) in [5.74, 6) is -1.93. The van der Waals surface area contributed by atoms with E-state index in [0.717, 1.165) is 0 Å². The molecule has 1 amide bonds. The van der Waals surface area contributed by atoms with Crippen molar-refractivity contribution in [2.75, 3.05) is 13.1 Å². The van der Waals surface area contributed by atoms with Crippen LogP contribution in [0.5, 0.6) is 0 Å². The van der Waals surface area contributed by atoms with E-state index in [4.69, 9.17) is 0 Å². The Balaban J connectivity index is 1.93. The van der Waals surface area contributed by atoms with Crippen molar-refractivity contribution in [3.8, 4) is 5.69 Å². The van der Waals surface area contributed by atoms with Crippen LogP contribution in [0.15, 0.2) is 24.3 Å². The van der Waals surface area contributed by atoms with E-state index in [1.54, 1.807) is 12.1 Å². The van der Waals surface area contributed by atoms with E-state index in [1.165, 1.54) is 21.7 Å². The first-order valence-electron chi connectivity index (χ1n) is 8.53. The fourth-order valence-corrected chi connectivity index (χ4v) is 3.18. The normalized spacial score (nSPS) is 20.0. The molecule has 0 aliphatic carbocycles. The fourth-order valence-electron chi connectivity index (χ4n) is 3.18. The maximum absolute atomic E-state index is 13.6. The van der Waals surface area contributed by atoms with Crippen LogP contribution in [0.2, 0.25) is 0 Å². The van der Waals surface area contributed by atoms with Gasteiger partial charge in [-0.1, -0.05) is 26.8 Å². The molecular formula is C18H21FN4O3. The largest absolute Gasteiger partial charge is 0.481 e. The van der Waals surface area contributed by atoms with Gasteiger partial charge in [-0.25, -0.2) is 14.1 Å². The van der Waals surface area contributed by atoms with Gasteiger partial charge < -0.3 is 10.0 Å². The lowest BCUT2D eigenvalue weighted by atomic mass is 9.99. The highest BCUT2D eigenvalue weighted by molar-refractivity contribution is 5.91. The average molecular weight is 360 g/mol. The zero-order valence-electron chi connectivity index (χ0n) is 14.9. The van der Waals surface area contributed by atoms with Crippen molar-refractivity contribution in [3.05, 3.63) is 41.7 Å². The molecule has 0 unspecified atom stereocenters. The van der Waals surface area contributed by atoms with Gasteiger partial charge in [0.1, 0.15) is 11.6 Å². The molecule has 3 rings (SSSR count). The number of halogens is 1. The molecule has 138 valence electrons. The molecule has 0 saturated carbocycles. The van der Waals surface area contributed by atoms with Crippen LogP contribution in [0.4, 0.5) is 4.39 Å². The van der Waals surface area contributed by atoms with Crippen LogP contribution >= 0.6 is 0 Å². The maximum Gasteiger partial charge on any atom is 0.308 e. The smallest absolute Gasteiger partial charge is 0.308 e. The highest BCUT2D eigenvalue weighted by atomic mass is 19.1. The summed E-state index contributed by atoms with van der Waals surface area (Å²) in [6, 6.07) is 5.92. The molecule has 1 fully saturated rings. The monoisotopic (exact) mass is 360 g/mol. The summed E-state index contributed by atoms with van der Waals surface area (Å²) >= 11 is 0. The Morgan fingerprint density at radius 1 is 1.31 bits per heavy atom. The summed E-state index contributed by atoms with van der Waals surface area (Å²) in [6.45, 7) is 6.12. The lowest BCUT2D eigenvalue weighted by molar-refractivity contribution is -0.142. The van der Waals surface area contributed by atoms with Crippen LogP contribution in [-0.2, 0) is 4.79 Å². The molecule has 1 aromatic heterocycles. The van der Waals surface area contributed by atoms with Crippen molar-refractivity contribution < 1.29 is 19.1 Å². The molecule has 0 spiro atoms. The number of amides is 1. The van der Waals surface area contributed by atoms with Crippen LogP contribution in [-0.4, -0.2) is 49.7 Å². The third-order valence-electron chi connectivity index (χ3n) is 4.61. The minimum Gasteiger partial charge on any atom is -0.481 e. The Labute approximate surface area is 150 Å². The Kier molecular flexibility index (Phi) is 4.76. The number of aliphatic carboxylic acids is 1. The van der Waals surface area contributed by atoms with Gasteiger partial charge in [0.15, 0.2) is 0 Å². The summed E-state index contributed by atoms with van der Waals surface area (Å²) in [5.41, 5.74) is 0.485. The second-order valence-corrected chi connectivity index (χ2v) is 6.97. The van der Waals surface area contributed by atoms with Crippen molar-refractivity contribution in [1.29, 1.82) is 0 Å². The van der Waals surface area contributed by atoms with E-state index in [1.807, 2.05) is 20.8 Å². The number of carbonyl (C=O) groups excluding carboxylic acids is 1. The number of carbonyl (C=O) groups is 2. The van der Waals surface area contributed by atoms with Gasteiger partial charge in [0, 0.05) is 19.0 Å². The van der Waals surface area contributed by atoms with E-state index in [0.29, 0.717) is 18.1 Å². The van der Waals surface area contributed by atoms with Crippen LogP contribution in [0.1, 0.15) is 43.1 Å². The molecule has 0 bridgehead atoms. The highest BCUT2D eigenvalue weighted by Crippen LogP contribution is 2.25. The van der Waals surface area contributed by atoms with Gasteiger partial charge in [-0.05, 0) is 24.1 Å². The molecule has 2 heterocycles. The Morgan fingerprint density at radius 3 is 2.62 bits per heavy atom. The molecule has 26 heavy (non-hydrogen) atoms. The number of carboxylic acid groups (broad SMARTS) is 1. The molecule has 7 nitrogen and oxygen atoms in total. The number of hydrogen-bond donors (Lipinski definition) is 1. The summed E-state index contributed by atoms with van der Waals surface area (Å²) < 4.78 is 15.0. The summed E-state index contributed by atoms with van der Waals surface area (Å²) in [4.78, 5) is 29.9. The van der Waals surface area contributed by atoms with Crippen molar-refractivity contribution in [1.82, 2.24) is 19.7 Å². The van der Waals surface area contributed by atoms with Crippen LogP contribution in [0.3, 0.4) is 0 Å². The average Bonchev–Trinajstić information content (AvgIpc) is 3.18. The van der Waals surface area contributed by atoms with Gasteiger partial charge in [0.2, 0.25) is 5.82 Å². The van der Waals surface area contributed by atoms with E-state index in [9.17, 15) is 19.1 Å². The molecule has 1 N–H and O–H groups in total. The predicted octanol–water partition coefficient (Wildman–Crippen LogP) is 2.32. The van der Waals surface area contributed by atoms with E-state index in [-0.39, 0.29) is 24.2 Å². The zero-order chi connectivity index (χ0) is 19.0. The number of likely N-dealkylation sites (tertiary alicyclic amines) is 1. The van der Waals surface area contributed by atoms with Crippen molar-refractivity contribution in [3.63, 3.8) is 0 Å². The first-order chi connectivity index (χ1) is 12.3. The fraction of sp³-hybridized carbons (Fsp3) is 0.444. The first kappa shape index (κ1) is 18.0. The molecule has 1 aromatic carbocycles. The van der Waals surface area contributed by atoms with Gasteiger partial charge in [0.05, 0.1) is 11.6 Å². The SMILES string of the molecule is CC(C)c1nc(C(=O)N2C[C@@H](C)[C@H](C(=O)O)C2)nn1-c1cccc(F)c1. The third kappa shape index (κ3) is 3.31. The van der Waals surface area contributed by atoms with Gasteiger partial charge in [0.25, 0.3) is 5.91 Å². The summed E-state index contributed by atoms with van der Waals surface area (Å²) in [5, 5.41) is 13.5. The lowest BCUT2D eigenvalue weighted by Crippen LogP contribution is -2.30. The van der Waals surface area contributed by atoms with Crippen LogP contribution in [0.25, 0.3) is 5.69 Å². The predicted molar refractivity (Wildman–Crippen MR) is 91.6 cm³/mol. The molecule has 2 atom stereocenters. The molecule has 1 saturated heterocycles. The maximum atomic E-state index is 13.6. The Morgan fingerprint density at radius 2 is 2.04 bits per heavy atom. The standard InChI is InChI=1S/C18H21FN4O3/c1-10(2)16-20-15(21-23(16)13-6-4-5-12(19)7-13)17(24)22-8-11(3)14(9-22)18(25)26/h4-7,10-11,14H,8-9H2,1-3H3,(H,25,26)/t11-,14-/m1/s1. The van der Waals surface area contributed by atoms with E-state index >= 15 is 0 Å². The number of aromatic nitrogens is 3. The van der Waals surface area contributed by atoms with Gasteiger partial charge in [-0.2, -0.15) is 0 Å². The van der Waals surface area contributed by atoms with Crippen molar-refractivity contribution in [2.45, 2.75) is 26.7 Å². The number of benzene rings is 1. The van der Waals surface area contributed by atoms with Crippen molar-refractivity contribution in [2.24, 2.45) is 11.8 Å². The molecule has 2 aromatic rings. The summed E-state index contributed by atoms with van der Waals surface area (Å²) in [7, 11) is 0. The molecule has 8 heteroatoms. The first-order valence-corrected chi connectivity index (χ1v) is 8.53. The highest BCUT2D eigenvalue weighted by Gasteiger charge is 2.38. The third-order valence-corrected chi connectivity index (χ3v) is 4.61. The van der Waals surface area contributed by atoms with Crippen LogP contribution < -0.4 is 0 Å². The van der Waals surface area contributed by atoms with Gasteiger partial charge in [-0.3, -0.25) is 9.59 Å². The Hall–Kier alpha value is -2.77. The topological polar surface area (TPSA) is 88.3 Å². The zero-order valence-corrected chi connectivity index (χ0v) is 14.9. The minimum atomic E-state index is -0.908. The second-order valence-electron chi connectivity index (χ2n) is 6.97. The van der Waals surface area contributed by atoms with E-state index < -0.39 is 23.6 Å². The number of rotatable bonds is 4. The van der Waals surface area contributed by atoms with E-state index in [2.05, 4.69) is 10.1 Å². The minimum absolute atomic E-state index is 0.00352. The lowest BCUT2D eigenvalue weighted by Gasteiger charge is -2.13. The molecule has 1 aliphatic rings. The quantitative estimate of drug-likeness (QED) is 0.904. The molecule has 0 radical (unpaired) electrons. The van der Waals surface area contributed by atoms with Crippen molar-refractivity contribution >= 4 is 11.9 Å². The second kappa shape index (κ2) is 6.86. The van der Waals surface area contributed by atoms with Gasteiger partial charge >= 0.3 is 5.97 Å². The van der Waals surface area contributed by atoms with Crippen LogP contribution in [0, 0.1) is 17.7 Å².